The van der Waals surface area contributed by atoms with Crippen molar-refractivity contribution in [2.75, 3.05) is 6.61 Å². The fourth-order valence-corrected chi connectivity index (χ4v) is 4.25. The highest BCUT2D eigenvalue weighted by atomic mass is 16.5. The number of hydrogen-bond donors (Lipinski definition) is 1. The van der Waals surface area contributed by atoms with Crippen LogP contribution < -0.4 is 4.74 Å². The lowest BCUT2D eigenvalue weighted by molar-refractivity contribution is -0.131. The van der Waals surface area contributed by atoms with E-state index in [4.69, 9.17) is 9.15 Å². The Bertz CT molecular complexity index is 907. The molecule has 1 N–H and O–H groups in total. The van der Waals surface area contributed by atoms with E-state index in [0.29, 0.717) is 6.61 Å². The molecule has 0 bridgehead atoms. The molecule has 0 saturated heterocycles. The Morgan fingerprint density at radius 1 is 1.21 bits per heavy atom. The Kier molecular flexibility index (Phi) is 5.43. The second-order valence-corrected chi connectivity index (χ2v) is 7.54. The molecule has 1 amide bonds. The van der Waals surface area contributed by atoms with Crippen molar-refractivity contribution in [2.45, 2.75) is 51.1 Å². The van der Waals surface area contributed by atoms with Gasteiger partial charge in [0.1, 0.15) is 5.75 Å². The summed E-state index contributed by atoms with van der Waals surface area (Å²) in [6.07, 6.45) is 6.13. The molecule has 1 atom stereocenters. The topological polar surface area (TPSA) is 80.0 Å². The normalized spacial score (nSPS) is 20.0. The highest BCUT2D eigenvalue weighted by Gasteiger charge is 2.47. The molecule has 152 valence electrons. The number of ether oxygens (including phenoxy) is 1. The van der Waals surface area contributed by atoms with Gasteiger partial charge < -0.3 is 19.2 Å². The summed E-state index contributed by atoms with van der Waals surface area (Å²) >= 11 is 0. The molecule has 2 aliphatic rings. The number of carbonyl (C=O) groups is 2. The third kappa shape index (κ3) is 3.55. The van der Waals surface area contributed by atoms with E-state index in [2.05, 4.69) is 0 Å². The van der Waals surface area contributed by atoms with Crippen LogP contribution in [0.3, 0.4) is 0 Å². The lowest BCUT2D eigenvalue weighted by atomic mass is 9.94. The number of amides is 1. The Morgan fingerprint density at radius 2 is 1.93 bits per heavy atom. The van der Waals surface area contributed by atoms with Crippen molar-refractivity contribution in [1.82, 2.24) is 4.90 Å². The lowest BCUT2D eigenvalue weighted by Gasteiger charge is -2.32. The SMILES string of the molecule is CCCOc1ccc(C2C(C(=O)c3ccco3)=C(O)C(=O)N2C2CCCC2)cc1. The molecular formula is C23H25NO5. The molecule has 6 nitrogen and oxygen atoms in total. The monoisotopic (exact) mass is 395 g/mol. The molecular weight excluding hydrogens is 370 g/mol. The van der Waals surface area contributed by atoms with Gasteiger partial charge in [0.25, 0.3) is 5.91 Å². The fourth-order valence-electron chi connectivity index (χ4n) is 4.25. The number of carbonyl (C=O) groups excluding carboxylic acids is 2. The Hall–Kier alpha value is -3.02. The molecule has 1 aromatic heterocycles. The van der Waals surface area contributed by atoms with Crippen molar-refractivity contribution in [1.29, 1.82) is 0 Å². The first kappa shape index (κ1) is 19.3. The zero-order valence-electron chi connectivity index (χ0n) is 16.5. The molecule has 4 rings (SSSR count). The van der Waals surface area contributed by atoms with Crippen LogP contribution in [0.15, 0.2) is 58.4 Å². The highest BCUT2D eigenvalue weighted by Crippen LogP contribution is 2.43. The van der Waals surface area contributed by atoms with Crippen LogP contribution in [0.1, 0.15) is 61.2 Å². The maximum absolute atomic E-state index is 13.1. The van der Waals surface area contributed by atoms with E-state index in [1.165, 1.54) is 6.26 Å². The second-order valence-electron chi connectivity index (χ2n) is 7.54. The van der Waals surface area contributed by atoms with Crippen molar-refractivity contribution >= 4 is 11.7 Å². The first-order chi connectivity index (χ1) is 14.1. The van der Waals surface area contributed by atoms with Gasteiger partial charge in [-0.25, -0.2) is 0 Å². The van der Waals surface area contributed by atoms with Crippen molar-refractivity contribution in [3.63, 3.8) is 0 Å². The summed E-state index contributed by atoms with van der Waals surface area (Å²) in [7, 11) is 0. The Labute approximate surface area is 169 Å². The van der Waals surface area contributed by atoms with Crippen LogP contribution in [0.25, 0.3) is 0 Å². The molecule has 2 aromatic rings. The molecule has 1 aliphatic carbocycles. The molecule has 1 unspecified atom stereocenters. The molecule has 0 radical (unpaired) electrons. The number of benzene rings is 1. The van der Waals surface area contributed by atoms with Gasteiger partial charge in [0.15, 0.2) is 11.5 Å². The van der Waals surface area contributed by atoms with Crippen LogP contribution in [0, 0.1) is 0 Å². The molecule has 1 fully saturated rings. The molecule has 1 aromatic carbocycles. The summed E-state index contributed by atoms with van der Waals surface area (Å²) in [6, 6.07) is 9.93. The van der Waals surface area contributed by atoms with Crippen LogP contribution in [0.5, 0.6) is 5.75 Å². The zero-order chi connectivity index (χ0) is 20.4. The molecule has 2 heterocycles. The Balaban J connectivity index is 1.73. The van der Waals surface area contributed by atoms with Crippen LogP contribution in [-0.4, -0.2) is 34.3 Å². The van der Waals surface area contributed by atoms with E-state index >= 15 is 0 Å². The fraction of sp³-hybridized carbons (Fsp3) is 0.391. The van der Waals surface area contributed by atoms with Crippen molar-refractivity contribution in [3.05, 3.63) is 65.3 Å². The van der Waals surface area contributed by atoms with E-state index in [0.717, 1.165) is 43.4 Å². The van der Waals surface area contributed by atoms with Crippen LogP contribution in [-0.2, 0) is 4.79 Å². The molecule has 1 saturated carbocycles. The van der Waals surface area contributed by atoms with Crippen LogP contribution in [0.2, 0.25) is 0 Å². The quantitative estimate of drug-likeness (QED) is 0.694. The third-order valence-corrected chi connectivity index (χ3v) is 5.62. The van der Waals surface area contributed by atoms with E-state index in [-0.39, 0.29) is 17.4 Å². The minimum atomic E-state index is -0.636. The number of Topliss-reactive ketones (excluding diaryl/α,β-unsaturated/α-hetero) is 1. The van der Waals surface area contributed by atoms with Gasteiger partial charge in [-0.05, 0) is 49.1 Å². The maximum atomic E-state index is 13.1. The van der Waals surface area contributed by atoms with E-state index in [9.17, 15) is 14.7 Å². The van der Waals surface area contributed by atoms with Gasteiger partial charge in [-0.3, -0.25) is 9.59 Å². The van der Waals surface area contributed by atoms with E-state index in [1.54, 1.807) is 17.0 Å². The maximum Gasteiger partial charge on any atom is 0.290 e. The molecule has 29 heavy (non-hydrogen) atoms. The summed E-state index contributed by atoms with van der Waals surface area (Å²) in [5.74, 6) is -0.574. The van der Waals surface area contributed by atoms with Crippen LogP contribution >= 0.6 is 0 Å². The minimum Gasteiger partial charge on any atom is -0.503 e. The number of aliphatic hydroxyl groups is 1. The van der Waals surface area contributed by atoms with Crippen molar-refractivity contribution in [3.8, 4) is 5.75 Å². The first-order valence-corrected chi connectivity index (χ1v) is 10.2. The number of aliphatic hydroxyl groups excluding tert-OH is 1. The van der Waals surface area contributed by atoms with E-state index in [1.807, 2.05) is 31.2 Å². The predicted octanol–water partition coefficient (Wildman–Crippen LogP) is 4.59. The zero-order valence-corrected chi connectivity index (χ0v) is 16.5. The Morgan fingerprint density at radius 3 is 2.55 bits per heavy atom. The summed E-state index contributed by atoms with van der Waals surface area (Å²) in [5, 5.41) is 10.7. The summed E-state index contributed by atoms with van der Waals surface area (Å²) in [6.45, 7) is 2.66. The smallest absolute Gasteiger partial charge is 0.290 e. The number of furan rings is 1. The summed E-state index contributed by atoms with van der Waals surface area (Å²) in [4.78, 5) is 27.8. The number of rotatable bonds is 7. The van der Waals surface area contributed by atoms with Gasteiger partial charge in [-0.15, -0.1) is 0 Å². The summed E-state index contributed by atoms with van der Waals surface area (Å²) in [5.41, 5.74) is 0.854. The average Bonchev–Trinajstić information content (AvgIpc) is 3.49. The van der Waals surface area contributed by atoms with Crippen molar-refractivity contribution < 1.29 is 23.8 Å². The third-order valence-electron chi connectivity index (χ3n) is 5.62. The predicted molar refractivity (Wildman–Crippen MR) is 107 cm³/mol. The molecule has 1 aliphatic heterocycles. The number of hydrogen-bond acceptors (Lipinski definition) is 5. The number of nitrogens with zero attached hydrogens (tertiary/aromatic N) is 1. The number of ketones is 1. The molecule has 6 heteroatoms. The van der Waals surface area contributed by atoms with Gasteiger partial charge in [0.05, 0.1) is 24.5 Å². The first-order valence-electron chi connectivity index (χ1n) is 10.2. The highest BCUT2D eigenvalue weighted by molar-refractivity contribution is 6.15. The van der Waals surface area contributed by atoms with Crippen LogP contribution in [0.4, 0.5) is 0 Å². The van der Waals surface area contributed by atoms with Gasteiger partial charge in [-0.2, -0.15) is 0 Å². The van der Waals surface area contributed by atoms with Gasteiger partial charge in [0, 0.05) is 6.04 Å². The lowest BCUT2D eigenvalue weighted by Crippen LogP contribution is -2.38. The van der Waals surface area contributed by atoms with Gasteiger partial charge >= 0.3 is 0 Å². The van der Waals surface area contributed by atoms with Crippen molar-refractivity contribution in [2.24, 2.45) is 0 Å². The van der Waals surface area contributed by atoms with Gasteiger partial charge in [-0.1, -0.05) is 31.9 Å². The molecule has 0 spiro atoms. The van der Waals surface area contributed by atoms with E-state index < -0.39 is 23.5 Å². The van der Waals surface area contributed by atoms with Gasteiger partial charge in [0.2, 0.25) is 5.78 Å². The second kappa shape index (κ2) is 8.15. The summed E-state index contributed by atoms with van der Waals surface area (Å²) < 4.78 is 10.9. The average molecular weight is 395 g/mol. The standard InChI is InChI=1S/C23H25NO5/c1-2-13-28-17-11-9-15(10-12-17)20-19(21(25)18-8-5-14-29-18)22(26)23(27)24(20)16-6-3-4-7-16/h5,8-12,14,16,20,26H,2-4,6-7,13H2,1H3. The minimum absolute atomic E-state index is 0.00701. The largest absolute Gasteiger partial charge is 0.503 e.